The van der Waals surface area contributed by atoms with E-state index in [1.54, 1.807) is 36.4 Å². The zero-order valence-corrected chi connectivity index (χ0v) is 12.5. The van der Waals surface area contributed by atoms with Gasteiger partial charge in [-0.3, -0.25) is 0 Å². The van der Waals surface area contributed by atoms with E-state index in [1.165, 1.54) is 12.1 Å². The number of rotatable bonds is 4. The summed E-state index contributed by atoms with van der Waals surface area (Å²) in [7, 11) is 0. The Labute approximate surface area is 137 Å². The standard InChI is InChI=1S/C18H12F2N4/c1-2-16-22-17(11-12-7-3-4-8-13(12)19)24-18(23-16)21-15-10-6-5-9-14(15)20/h1,3-10H,11H2,(H,21,22,23,24). The summed E-state index contributed by atoms with van der Waals surface area (Å²) >= 11 is 0. The summed E-state index contributed by atoms with van der Waals surface area (Å²) in [6.07, 6.45) is 5.50. The summed E-state index contributed by atoms with van der Waals surface area (Å²) in [6, 6.07) is 12.4. The van der Waals surface area contributed by atoms with Crippen LogP contribution in [0.1, 0.15) is 17.2 Å². The van der Waals surface area contributed by atoms with Gasteiger partial charge in [0.05, 0.1) is 5.69 Å². The van der Waals surface area contributed by atoms with Crippen LogP contribution in [-0.4, -0.2) is 15.0 Å². The summed E-state index contributed by atoms with van der Waals surface area (Å²) in [6.45, 7) is 0. The Morgan fingerprint density at radius 2 is 1.62 bits per heavy atom. The number of hydrogen-bond donors (Lipinski definition) is 1. The number of nitrogens with zero attached hydrogens (tertiary/aromatic N) is 3. The molecule has 0 fully saturated rings. The molecule has 0 aliphatic heterocycles. The van der Waals surface area contributed by atoms with Crippen molar-refractivity contribution in [2.75, 3.05) is 5.32 Å². The largest absolute Gasteiger partial charge is 0.322 e. The number of hydrogen-bond acceptors (Lipinski definition) is 4. The molecule has 0 aliphatic carbocycles. The fraction of sp³-hybridized carbons (Fsp3) is 0.0556. The molecule has 0 unspecified atom stereocenters. The third kappa shape index (κ3) is 3.52. The van der Waals surface area contributed by atoms with E-state index in [2.05, 4.69) is 26.2 Å². The maximum atomic E-state index is 13.8. The van der Waals surface area contributed by atoms with E-state index in [0.29, 0.717) is 11.4 Å². The number of benzene rings is 2. The molecule has 0 bridgehead atoms. The molecule has 0 aliphatic rings. The first-order valence-corrected chi connectivity index (χ1v) is 7.12. The molecule has 118 valence electrons. The van der Waals surface area contributed by atoms with Gasteiger partial charge in [-0.25, -0.2) is 13.8 Å². The van der Waals surface area contributed by atoms with Crippen molar-refractivity contribution in [3.8, 4) is 12.3 Å². The third-order valence-corrected chi connectivity index (χ3v) is 3.24. The zero-order valence-electron chi connectivity index (χ0n) is 12.5. The highest BCUT2D eigenvalue weighted by molar-refractivity contribution is 5.54. The fourth-order valence-corrected chi connectivity index (χ4v) is 2.11. The van der Waals surface area contributed by atoms with Gasteiger partial charge in [0, 0.05) is 6.42 Å². The van der Waals surface area contributed by atoms with Gasteiger partial charge in [0.2, 0.25) is 11.8 Å². The van der Waals surface area contributed by atoms with Crippen LogP contribution < -0.4 is 5.32 Å². The van der Waals surface area contributed by atoms with Gasteiger partial charge < -0.3 is 5.32 Å². The first-order chi connectivity index (χ1) is 11.7. The first kappa shape index (κ1) is 15.6. The van der Waals surface area contributed by atoms with E-state index >= 15 is 0 Å². The highest BCUT2D eigenvalue weighted by Crippen LogP contribution is 2.18. The third-order valence-electron chi connectivity index (χ3n) is 3.24. The molecule has 4 nitrogen and oxygen atoms in total. The Morgan fingerprint density at radius 3 is 2.33 bits per heavy atom. The van der Waals surface area contributed by atoms with Crippen molar-refractivity contribution in [2.24, 2.45) is 0 Å². The predicted octanol–water partition coefficient (Wildman–Crippen LogP) is 3.47. The Hall–Kier alpha value is -3.33. The van der Waals surface area contributed by atoms with Crippen molar-refractivity contribution in [3.63, 3.8) is 0 Å². The lowest BCUT2D eigenvalue weighted by Crippen LogP contribution is -2.07. The van der Waals surface area contributed by atoms with Crippen LogP contribution in [0.5, 0.6) is 0 Å². The maximum Gasteiger partial charge on any atom is 0.231 e. The highest BCUT2D eigenvalue weighted by atomic mass is 19.1. The molecule has 3 rings (SSSR count). The number of anilines is 2. The number of terminal acetylenes is 1. The summed E-state index contributed by atoms with van der Waals surface area (Å²) < 4.78 is 27.5. The molecule has 6 heteroatoms. The van der Waals surface area contributed by atoms with Crippen molar-refractivity contribution in [1.82, 2.24) is 15.0 Å². The van der Waals surface area contributed by atoms with Gasteiger partial charge in [-0.05, 0) is 29.7 Å². The quantitative estimate of drug-likeness (QED) is 0.747. The van der Waals surface area contributed by atoms with Crippen LogP contribution in [0.4, 0.5) is 20.4 Å². The molecule has 0 saturated carbocycles. The highest BCUT2D eigenvalue weighted by Gasteiger charge is 2.10. The van der Waals surface area contributed by atoms with E-state index in [0.717, 1.165) is 0 Å². The second-order valence-corrected chi connectivity index (χ2v) is 4.92. The topological polar surface area (TPSA) is 50.7 Å². The summed E-state index contributed by atoms with van der Waals surface area (Å²) in [5.41, 5.74) is 0.645. The summed E-state index contributed by atoms with van der Waals surface area (Å²) in [5.74, 6) is 2.00. The van der Waals surface area contributed by atoms with Crippen LogP contribution in [0.15, 0.2) is 48.5 Å². The van der Waals surface area contributed by atoms with Gasteiger partial charge in [0.25, 0.3) is 0 Å². The molecule has 2 aromatic carbocycles. The Balaban J connectivity index is 1.93. The van der Waals surface area contributed by atoms with Crippen LogP contribution in [0.25, 0.3) is 0 Å². The minimum absolute atomic E-state index is 0.0928. The van der Waals surface area contributed by atoms with Gasteiger partial charge in [-0.2, -0.15) is 9.97 Å². The van der Waals surface area contributed by atoms with E-state index in [4.69, 9.17) is 6.42 Å². The van der Waals surface area contributed by atoms with Gasteiger partial charge in [0.1, 0.15) is 17.5 Å². The average Bonchev–Trinajstić information content (AvgIpc) is 2.59. The van der Waals surface area contributed by atoms with Crippen molar-refractivity contribution in [3.05, 3.63) is 77.4 Å². The van der Waals surface area contributed by atoms with E-state index in [9.17, 15) is 8.78 Å². The number of para-hydroxylation sites is 1. The fourth-order valence-electron chi connectivity index (χ4n) is 2.11. The lowest BCUT2D eigenvalue weighted by atomic mass is 10.1. The monoisotopic (exact) mass is 322 g/mol. The van der Waals surface area contributed by atoms with E-state index in [-0.39, 0.29) is 29.7 Å². The lowest BCUT2D eigenvalue weighted by molar-refractivity contribution is 0.612. The molecule has 1 aromatic heterocycles. The molecule has 24 heavy (non-hydrogen) atoms. The lowest BCUT2D eigenvalue weighted by Gasteiger charge is -2.08. The molecule has 0 radical (unpaired) electrons. The van der Waals surface area contributed by atoms with Gasteiger partial charge in [-0.15, -0.1) is 6.42 Å². The van der Waals surface area contributed by atoms with Gasteiger partial charge in [0.15, 0.2) is 0 Å². The minimum atomic E-state index is -0.448. The minimum Gasteiger partial charge on any atom is -0.322 e. The zero-order chi connectivity index (χ0) is 16.9. The van der Waals surface area contributed by atoms with Crippen LogP contribution in [0.2, 0.25) is 0 Å². The van der Waals surface area contributed by atoms with E-state index < -0.39 is 5.82 Å². The Morgan fingerprint density at radius 1 is 0.917 bits per heavy atom. The van der Waals surface area contributed by atoms with Crippen molar-refractivity contribution >= 4 is 11.6 Å². The van der Waals surface area contributed by atoms with Crippen LogP contribution >= 0.6 is 0 Å². The van der Waals surface area contributed by atoms with Crippen molar-refractivity contribution in [2.45, 2.75) is 6.42 Å². The average molecular weight is 322 g/mol. The van der Waals surface area contributed by atoms with Crippen LogP contribution in [0, 0.1) is 24.0 Å². The number of aromatic nitrogens is 3. The Bertz CT molecular complexity index is 853. The number of halogens is 2. The second-order valence-electron chi connectivity index (χ2n) is 4.92. The second kappa shape index (κ2) is 6.84. The molecule has 0 saturated heterocycles. The first-order valence-electron chi connectivity index (χ1n) is 7.12. The molecule has 0 atom stereocenters. The van der Waals surface area contributed by atoms with Gasteiger partial charge >= 0.3 is 0 Å². The van der Waals surface area contributed by atoms with Gasteiger partial charge in [-0.1, -0.05) is 30.3 Å². The summed E-state index contributed by atoms with van der Waals surface area (Å²) in [5, 5.41) is 2.76. The molecule has 0 amide bonds. The maximum absolute atomic E-state index is 13.8. The predicted molar refractivity (Wildman–Crippen MR) is 86.7 cm³/mol. The normalized spacial score (nSPS) is 10.2. The van der Waals surface area contributed by atoms with Crippen LogP contribution in [0.3, 0.4) is 0 Å². The molecular weight excluding hydrogens is 310 g/mol. The Kier molecular flexibility index (Phi) is 4.43. The SMILES string of the molecule is C#Cc1nc(Cc2ccccc2F)nc(Nc2ccccc2F)n1. The van der Waals surface area contributed by atoms with Crippen molar-refractivity contribution in [1.29, 1.82) is 0 Å². The van der Waals surface area contributed by atoms with Crippen molar-refractivity contribution < 1.29 is 8.78 Å². The molecular formula is C18H12F2N4. The smallest absolute Gasteiger partial charge is 0.231 e. The molecule has 3 aromatic rings. The molecule has 1 heterocycles. The molecule has 0 spiro atoms. The summed E-state index contributed by atoms with van der Waals surface area (Å²) in [4.78, 5) is 12.3. The van der Waals surface area contributed by atoms with Crippen LogP contribution in [-0.2, 0) is 6.42 Å². The van der Waals surface area contributed by atoms with E-state index in [1.807, 2.05) is 0 Å². The number of nitrogens with one attached hydrogen (secondary N) is 1. The molecule has 1 N–H and O–H groups in total.